The van der Waals surface area contributed by atoms with Gasteiger partial charge in [-0.25, -0.2) is 14.5 Å². The highest BCUT2D eigenvalue weighted by molar-refractivity contribution is 5.77. The number of anilines is 1. The van der Waals surface area contributed by atoms with E-state index < -0.39 is 11.7 Å². The molecule has 170 valence electrons. The highest BCUT2D eigenvalue weighted by Gasteiger charge is 2.31. The Morgan fingerprint density at radius 3 is 2.44 bits per heavy atom. The predicted molar refractivity (Wildman–Crippen MR) is 114 cm³/mol. The molecule has 0 bridgehead atoms. The summed E-state index contributed by atoms with van der Waals surface area (Å²) >= 11 is 0. The molecule has 1 saturated heterocycles. The average molecular weight is 446 g/mol. The Kier molecular flexibility index (Phi) is 5.79. The van der Waals surface area contributed by atoms with Gasteiger partial charge in [0.15, 0.2) is 5.65 Å². The van der Waals surface area contributed by atoms with Crippen molar-refractivity contribution in [1.82, 2.24) is 24.5 Å². The van der Waals surface area contributed by atoms with E-state index in [4.69, 9.17) is 0 Å². The molecule has 0 saturated carbocycles. The molecule has 32 heavy (non-hydrogen) atoms. The summed E-state index contributed by atoms with van der Waals surface area (Å²) in [6, 6.07) is 4.35. The van der Waals surface area contributed by atoms with Gasteiger partial charge >= 0.3 is 6.18 Å². The van der Waals surface area contributed by atoms with Crippen molar-refractivity contribution in [2.45, 2.75) is 39.8 Å². The molecule has 1 aliphatic rings. The fourth-order valence-corrected chi connectivity index (χ4v) is 4.12. The molecule has 0 aromatic carbocycles. The average Bonchev–Trinajstić information content (AvgIpc) is 3.13. The number of rotatable bonds is 4. The molecule has 1 amide bonds. The normalized spacial score (nSPS) is 14.9. The third kappa shape index (κ3) is 4.39. The third-order valence-electron chi connectivity index (χ3n) is 5.91. The number of hydrogen-bond donors (Lipinski definition) is 0. The molecular weight excluding hydrogens is 421 g/mol. The molecule has 4 rings (SSSR count). The summed E-state index contributed by atoms with van der Waals surface area (Å²) in [5, 5.41) is 4.47. The number of alkyl halides is 3. The van der Waals surface area contributed by atoms with E-state index in [-0.39, 0.29) is 5.91 Å². The Balaban J connectivity index is 1.35. The van der Waals surface area contributed by atoms with E-state index in [0.29, 0.717) is 44.8 Å². The molecule has 3 aromatic rings. The van der Waals surface area contributed by atoms with Gasteiger partial charge < -0.3 is 9.80 Å². The van der Waals surface area contributed by atoms with Crippen LogP contribution in [0.5, 0.6) is 0 Å². The first-order chi connectivity index (χ1) is 15.1. The minimum Gasteiger partial charge on any atom is -0.353 e. The largest absolute Gasteiger partial charge is 0.417 e. The number of amides is 1. The summed E-state index contributed by atoms with van der Waals surface area (Å²) in [7, 11) is 0. The molecule has 4 heterocycles. The minimum atomic E-state index is -4.40. The number of piperazine rings is 1. The van der Waals surface area contributed by atoms with Crippen molar-refractivity contribution in [2.24, 2.45) is 0 Å². The monoisotopic (exact) mass is 446 g/mol. The van der Waals surface area contributed by atoms with E-state index in [0.717, 1.165) is 40.6 Å². The molecule has 10 heteroatoms. The fourth-order valence-electron chi connectivity index (χ4n) is 4.12. The van der Waals surface area contributed by atoms with Crippen LogP contribution in [0.15, 0.2) is 24.4 Å². The van der Waals surface area contributed by atoms with Crippen LogP contribution in [-0.4, -0.2) is 56.6 Å². The van der Waals surface area contributed by atoms with Crippen LogP contribution in [-0.2, 0) is 17.4 Å². The van der Waals surface area contributed by atoms with Crippen LogP contribution in [0.2, 0.25) is 0 Å². The van der Waals surface area contributed by atoms with E-state index in [1.807, 2.05) is 36.3 Å². The number of hydrogen-bond acceptors (Lipinski definition) is 5. The Labute approximate surface area is 183 Å². The third-order valence-corrected chi connectivity index (χ3v) is 5.91. The van der Waals surface area contributed by atoms with Gasteiger partial charge in [-0.15, -0.1) is 0 Å². The maximum Gasteiger partial charge on any atom is 0.417 e. The standard InChI is InChI=1S/C22H25F3N6O/c1-14-12-20-27-15(2)18(16(3)31(20)28-14)5-7-21(32)30-10-8-29(9-11-30)19-6-4-17(13-26-19)22(23,24)25/h4,6,12-13H,5,7-11H2,1-3H3. The van der Waals surface area contributed by atoms with Gasteiger partial charge in [0.2, 0.25) is 5.91 Å². The van der Waals surface area contributed by atoms with Gasteiger partial charge in [0.25, 0.3) is 0 Å². The minimum absolute atomic E-state index is 0.0561. The van der Waals surface area contributed by atoms with Crippen LogP contribution >= 0.6 is 0 Å². The first kappa shape index (κ1) is 22.0. The highest BCUT2D eigenvalue weighted by atomic mass is 19.4. The molecule has 0 unspecified atom stereocenters. The lowest BCUT2D eigenvalue weighted by atomic mass is 10.1. The van der Waals surface area contributed by atoms with Gasteiger partial charge in [-0.1, -0.05) is 0 Å². The van der Waals surface area contributed by atoms with Crippen LogP contribution in [0.3, 0.4) is 0 Å². The number of halogens is 3. The lowest BCUT2D eigenvalue weighted by molar-refractivity contribution is -0.137. The van der Waals surface area contributed by atoms with E-state index in [2.05, 4.69) is 15.1 Å². The van der Waals surface area contributed by atoms with Crippen molar-refractivity contribution >= 4 is 17.4 Å². The van der Waals surface area contributed by atoms with Crippen LogP contribution in [0.25, 0.3) is 5.65 Å². The second-order valence-corrected chi connectivity index (χ2v) is 8.09. The van der Waals surface area contributed by atoms with E-state index in [9.17, 15) is 18.0 Å². The van der Waals surface area contributed by atoms with Gasteiger partial charge in [0, 0.05) is 56.3 Å². The van der Waals surface area contributed by atoms with Crippen molar-refractivity contribution in [3.05, 3.63) is 52.6 Å². The van der Waals surface area contributed by atoms with E-state index in [1.54, 1.807) is 4.90 Å². The molecular formula is C22H25F3N6O. The van der Waals surface area contributed by atoms with Crippen molar-refractivity contribution in [3.63, 3.8) is 0 Å². The molecule has 0 atom stereocenters. The summed E-state index contributed by atoms with van der Waals surface area (Å²) in [5.74, 6) is 0.547. The maximum absolute atomic E-state index is 12.8. The first-order valence-electron chi connectivity index (χ1n) is 10.5. The van der Waals surface area contributed by atoms with Crippen molar-refractivity contribution in [1.29, 1.82) is 0 Å². The molecule has 0 N–H and O–H groups in total. The molecule has 1 fully saturated rings. The summed E-state index contributed by atoms with van der Waals surface area (Å²) < 4.78 is 40.0. The van der Waals surface area contributed by atoms with Gasteiger partial charge in [-0.3, -0.25) is 4.79 Å². The summed E-state index contributed by atoms with van der Waals surface area (Å²) in [6.45, 7) is 7.94. The lowest BCUT2D eigenvalue weighted by Gasteiger charge is -2.35. The van der Waals surface area contributed by atoms with Crippen LogP contribution < -0.4 is 4.90 Å². The fraction of sp³-hybridized carbons (Fsp3) is 0.455. The number of carbonyl (C=O) groups excluding carboxylic acids is 1. The highest BCUT2D eigenvalue weighted by Crippen LogP contribution is 2.29. The summed E-state index contributed by atoms with van der Waals surface area (Å²) in [5.41, 5.74) is 3.86. The van der Waals surface area contributed by atoms with Crippen molar-refractivity contribution in [2.75, 3.05) is 31.1 Å². The zero-order valence-corrected chi connectivity index (χ0v) is 18.3. The molecule has 1 aliphatic heterocycles. The van der Waals surface area contributed by atoms with Gasteiger partial charge in [-0.2, -0.15) is 18.3 Å². The number of carbonyl (C=O) groups is 1. The maximum atomic E-state index is 12.8. The lowest BCUT2D eigenvalue weighted by Crippen LogP contribution is -2.49. The SMILES string of the molecule is Cc1cc2nc(C)c(CCC(=O)N3CCN(c4ccc(C(F)(F)F)cn4)CC3)c(C)n2n1. The molecule has 0 spiro atoms. The van der Waals surface area contributed by atoms with Crippen molar-refractivity contribution < 1.29 is 18.0 Å². The van der Waals surface area contributed by atoms with Gasteiger partial charge in [0.05, 0.1) is 11.3 Å². The number of aryl methyl sites for hydroxylation is 3. The van der Waals surface area contributed by atoms with Gasteiger partial charge in [-0.05, 0) is 44.9 Å². The zero-order valence-electron chi connectivity index (χ0n) is 18.3. The van der Waals surface area contributed by atoms with Crippen molar-refractivity contribution in [3.8, 4) is 0 Å². The number of pyridine rings is 1. The smallest absolute Gasteiger partial charge is 0.353 e. The number of aromatic nitrogens is 4. The molecule has 0 radical (unpaired) electrons. The molecule has 3 aromatic heterocycles. The Hall–Kier alpha value is -3.17. The predicted octanol–water partition coefficient (Wildman–Crippen LogP) is 3.35. The van der Waals surface area contributed by atoms with Crippen LogP contribution in [0.4, 0.5) is 19.0 Å². The van der Waals surface area contributed by atoms with E-state index in [1.165, 1.54) is 6.07 Å². The molecule has 7 nitrogen and oxygen atoms in total. The topological polar surface area (TPSA) is 66.6 Å². The second-order valence-electron chi connectivity index (χ2n) is 8.09. The summed E-state index contributed by atoms with van der Waals surface area (Å²) in [4.78, 5) is 25.0. The number of fused-ring (bicyclic) bond motifs is 1. The molecule has 0 aliphatic carbocycles. The van der Waals surface area contributed by atoms with Crippen LogP contribution in [0, 0.1) is 20.8 Å². The van der Waals surface area contributed by atoms with Crippen LogP contribution in [0.1, 0.15) is 34.6 Å². The summed E-state index contributed by atoms with van der Waals surface area (Å²) in [6.07, 6.45) is -2.60. The number of nitrogens with zero attached hydrogens (tertiary/aromatic N) is 6. The first-order valence-corrected chi connectivity index (χ1v) is 10.5. The zero-order chi connectivity index (χ0) is 23.0. The Morgan fingerprint density at radius 2 is 1.81 bits per heavy atom. The van der Waals surface area contributed by atoms with Gasteiger partial charge in [0.1, 0.15) is 5.82 Å². The quantitative estimate of drug-likeness (QED) is 0.615. The Bertz CT molecular complexity index is 1130. The Morgan fingerprint density at radius 1 is 1.09 bits per heavy atom. The van der Waals surface area contributed by atoms with E-state index >= 15 is 0 Å². The second kappa shape index (κ2) is 8.40.